The van der Waals surface area contributed by atoms with Crippen LogP contribution in [0.25, 0.3) is 0 Å². The molecule has 0 fully saturated rings. The van der Waals surface area contributed by atoms with Crippen LogP contribution >= 0.6 is 0 Å². The molecule has 10 heavy (non-hydrogen) atoms. The summed E-state index contributed by atoms with van der Waals surface area (Å²) in [5, 5.41) is 26.4. The lowest BCUT2D eigenvalue weighted by atomic mass is 10.1. The molecule has 0 bridgehead atoms. The van der Waals surface area contributed by atoms with Gasteiger partial charge in [0.25, 0.3) is 0 Å². The van der Waals surface area contributed by atoms with E-state index in [0.29, 0.717) is 0 Å². The van der Waals surface area contributed by atoms with Crippen molar-refractivity contribution in [1.29, 1.82) is 0 Å². The molecule has 0 saturated heterocycles. The van der Waals surface area contributed by atoms with Gasteiger partial charge in [-0.15, -0.1) is 0 Å². The van der Waals surface area contributed by atoms with Gasteiger partial charge in [0.05, 0.1) is 6.61 Å². The van der Waals surface area contributed by atoms with Gasteiger partial charge in [0.1, 0.15) is 12.2 Å². The molecule has 58 valence electrons. The Morgan fingerprint density at radius 2 is 2.00 bits per heavy atom. The third kappa shape index (κ3) is 1.54. The van der Waals surface area contributed by atoms with Crippen molar-refractivity contribution in [3.63, 3.8) is 0 Å². The fourth-order valence-electron chi connectivity index (χ4n) is 0.789. The van der Waals surface area contributed by atoms with Crippen LogP contribution in [0.5, 0.6) is 0 Å². The maximum absolute atomic E-state index is 9.00. The van der Waals surface area contributed by atoms with E-state index in [4.69, 9.17) is 20.1 Å². The summed E-state index contributed by atoms with van der Waals surface area (Å²) < 4.78 is 4.72. The molecule has 4 heteroatoms. The first kappa shape index (κ1) is 7.68. The Hall–Kier alpha value is -0.420. The quantitative estimate of drug-likeness (QED) is 0.398. The van der Waals surface area contributed by atoms with Crippen LogP contribution in [0, 0.1) is 0 Å². The van der Waals surface area contributed by atoms with Gasteiger partial charge in [-0.25, -0.2) is 0 Å². The Labute approximate surface area is 58.4 Å². The van der Waals surface area contributed by atoms with Gasteiger partial charge in [-0.05, 0) is 6.08 Å². The third-order valence-corrected chi connectivity index (χ3v) is 1.35. The number of aliphatic hydroxyl groups is 3. The molecule has 0 aliphatic carbocycles. The second-order valence-corrected chi connectivity index (χ2v) is 2.12. The van der Waals surface area contributed by atoms with Crippen molar-refractivity contribution in [2.24, 2.45) is 0 Å². The first-order valence-corrected chi connectivity index (χ1v) is 3.05. The summed E-state index contributed by atoms with van der Waals surface area (Å²) >= 11 is 0. The van der Waals surface area contributed by atoms with E-state index in [1.165, 1.54) is 12.2 Å². The zero-order valence-corrected chi connectivity index (χ0v) is 5.34. The molecule has 0 saturated carbocycles. The molecular formula is C6H10O4. The van der Waals surface area contributed by atoms with Gasteiger partial charge in [0, 0.05) is 0 Å². The molecule has 1 heterocycles. The average molecular weight is 146 g/mol. The second-order valence-electron chi connectivity index (χ2n) is 2.12. The van der Waals surface area contributed by atoms with Gasteiger partial charge >= 0.3 is 0 Å². The van der Waals surface area contributed by atoms with Crippen molar-refractivity contribution < 1.29 is 20.1 Å². The lowest BCUT2D eigenvalue weighted by molar-refractivity contribution is -0.154. The van der Waals surface area contributed by atoms with Crippen LogP contribution in [0.3, 0.4) is 0 Å². The highest BCUT2D eigenvalue weighted by atomic mass is 16.6. The molecule has 3 N–H and O–H groups in total. The molecule has 0 aromatic rings. The monoisotopic (exact) mass is 146 g/mol. The standard InChI is InChI=1S/C6H10O4/c7-3-5-4(8)1-2-6(9)10-5/h1-2,4-9H,3H2/t4-,5+,6+/m0/s1. The lowest BCUT2D eigenvalue weighted by Gasteiger charge is -2.24. The fourth-order valence-corrected chi connectivity index (χ4v) is 0.789. The maximum atomic E-state index is 9.00. The summed E-state index contributed by atoms with van der Waals surface area (Å²) in [6, 6.07) is 0. The summed E-state index contributed by atoms with van der Waals surface area (Å²) in [6.07, 6.45) is 0.222. The van der Waals surface area contributed by atoms with E-state index in [2.05, 4.69) is 0 Å². The minimum atomic E-state index is -0.999. The third-order valence-electron chi connectivity index (χ3n) is 1.35. The van der Waals surface area contributed by atoms with Crippen LogP contribution in [0.15, 0.2) is 12.2 Å². The van der Waals surface area contributed by atoms with E-state index in [0.717, 1.165) is 0 Å². The van der Waals surface area contributed by atoms with Gasteiger partial charge in [-0.2, -0.15) is 0 Å². The van der Waals surface area contributed by atoms with Crippen LogP contribution in [0.1, 0.15) is 0 Å². The highest BCUT2D eigenvalue weighted by Gasteiger charge is 2.23. The predicted molar refractivity (Wildman–Crippen MR) is 33.1 cm³/mol. The maximum Gasteiger partial charge on any atom is 0.174 e. The minimum absolute atomic E-state index is 0.289. The first-order chi connectivity index (χ1) is 4.74. The lowest BCUT2D eigenvalue weighted by Crippen LogP contribution is -2.37. The van der Waals surface area contributed by atoms with E-state index in [1.54, 1.807) is 0 Å². The van der Waals surface area contributed by atoms with Crippen molar-refractivity contribution >= 4 is 0 Å². The number of hydrogen-bond donors (Lipinski definition) is 3. The summed E-state index contributed by atoms with van der Waals surface area (Å²) in [4.78, 5) is 0. The molecule has 3 atom stereocenters. The normalized spacial score (nSPS) is 40.1. The molecule has 4 nitrogen and oxygen atoms in total. The Balaban J connectivity index is 2.53. The molecule has 1 rings (SSSR count). The smallest absolute Gasteiger partial charge is 0.174 e. The highest BCUT2D eigenvalue weighted by Crippen LogP contribution is 2.10. The van der Waals surface area contributed by atoms with Crippen molar-refractivity contribution in [2.45, 2.75) is 18.5 Å². The van der Waals surface area contributed by atoms with E-state index in [1.807, 2.05) is 0 Å². The van der Waals surface area contributed by atoms with Crippen LogP contribution < -0.4 is 0 Å². The Bertz CT molecular complexity index is 134. The van der Waals surface area contributed by atoms with Crippen molar-refractivity contribution in [1.82, 2.24) is 0 Å². The van der Waals surface area contributed by atoms with Crippen molar-refractivity contribution in [3.8, 4) is 0 Å². The zero-order valence-electron chi connectivity index (χ0n) is 5.34. The van der Waals surface area contributed by atoms with E-state index < -0.39 is 18.5 Å². The molecule has 0 aromatic carbocycles. The molecular weight excluding hydrogens is 136 g/mol. The van der Waals surface area contributed by atoms with Crippen molar-refractivity contribution in [2.75, 3.05) is 6.61 Å². The molecule has 0 radical (unpaired) electrons. The van der Waals surface area contributed by atoms with Crippen molar-refractivity contribution in [3.05, 3.63) is 12.2 Å². The molecule has 0 aromatic heterocycles. The van der Waals surface area contributed by atoms with Gasteiger partial charge in [-0.1, -0.05) is 6.08 Å². The predicted octanol–water partition coefficient (Wildman–Crippen LogP) is -1.39. The molecule has 0 amide bonds. The SMILES string of the molecule is OC[C@H]1O[C@@H](O)C=C[C@@H]1O. The van der Waals surface area contributed by atoms with Gasteiger partial charge in [0.15, 0.2) is 6.29 Å². The molecule has 1 aliphatic rings. The van der Waals surface area contributed by atoms with E-state index in [-0.39, 0.29) is 6.61 Å². The van der Waals surface area contributed by atoms with E-state index >= 15 is 0 Å². The van der Waals surface area contributed by atoms with E-state index in [9.17, 15) is 0 Å². The first-order valence-electron chi connectivity index (χ1n) is 3.05. The van der Waals surface area contributed by atoms with Crippen LogP contribution in [-0.2, 0) is 4.74 Å². The number of rotatable bonds is 1. The average Bonchev–Trinajstić information content (AvgIpc) is 1.94. The summed E-state index contributed by atoms with van der Waals surface area (Å²) in [5.74, 6) is 0. The number of hydrogen-bond acceptors (Lipinski definition) is 4. The van der Waals surface area contributed by atoms with Gasteiger partial charge in [0.2, 0.25) is 0 Å². The summed E-state index contributed by atoms with van der Waals surface area (Å²) in [7, 11) is 0. The molecule has 0 spiro atoms. The highest BCUT2D eigenvalue weighted by molar-refractivity contribution is 4.98. The Morgan fingerprint density at radius 1 is 1.30 bits per heavy atom. The molecule has 1 aliphatic heterocycles. The fraction of sp³-hybridized carbons (Fsp3) is 0.667. The molecule has 0 unspecified atom stereocenters. The Kier molecular flexibility index (Phi) is 2.39. The van der Waals surface area contributed by atoms with Gasteiger partial charge in [-0.3, -0.25) is 0 Å². The number of aliphatic hydroxyl groups excluding tert-OH is 3. The Morgan fingerprint density at radius 3 is 2.50 bits per heavy atom. The minimum Gasteiger partial charge on any atom is -0.394 e. The largest absolute Gasteiger partial charge is 0.394 e. The van der Waals surface area contributed by atoms with Crippen LogP contribution in [-0.4, -0.2) is 40.4 Å². The van der Waals surface area contributed by atoms with Crippen LogP contribution in [0.2, 0.25) is 0 Å². The second kappa shape index (κ2) is 3.12. The topological polar surface area (TPSA) is 69.9 Å². The summed E-state index contributed by atoms with van der Waals surface area (Å²) in [6.45, 7) is -0.289. The summed E-state index contributed by atoms with van der Waals surface area (Å²) in [5.41, 5.74) is 0. The zero-order chi connectivity index (χ0) is 7.56. The van der Waals surface area contributed by atoms with Gasteiger partial charge < -0.3 is 20.1 Å². The van der Waals surface area contributed by atoms with Crippen LogP contribution in [0.4, 0.5) is 0 Å². The number of ether oxygens (including phenoxy) is 1.